The fourth-order valence-corrected chi connectivity index (χ4v) is 4.51. The minimum atomic E-state index is -3.51. The molecule has 10 heteroatoms. The van der Waals surface area contributed by atoms with E-state index < -0.39 is 22.0 Å². The van der Waals surface area contributed by atoms with Crippen LogP contribution in [-0.2, 0) is 37.8 Å². The van der Waals surface area contributed by atoms with Gasteiger partial charge in [-0.3, -0.25) is 4.79 Å². The van der Waals surface area contributed by atoms with Crippen LogP contribution in [0.15, 0.2) is 41.7 Å². The zero-order chi connectivity index (χ0) is 22.3. The van der Waals surface area contributed by atoms with Crippen molar-refractivity contribution in [3.05, 3.63) is 48.0 Å². The molecule has 0 aliphatic heterocycles. The van der Waals surface area contributed by atoms with Crippen molar-refractivity contribution in [2.75, 3.05) is 20.2 Å². The van der Waals surface area contributed by atoms with Gasteiger partial charge in [-0.2, -0.15) is 4.31 Å². The molecule has 30 heavy (non-hydrogen) atoms. The second kappa shape index (κ2) is 10.4. The van der Waals surface area contributed by atoms with Crippen LogP contribution in [0.3, 0.4) is 0 Å². The van der Waals surface area contributed by atoms with Crippen molar-refractivity contribution in [3.8, 4) is 0 Å². The van der Waals surface area contributed by atoms with Gasteiger partial charge in [-0.1, -0.05) is 26.0 Å². The number of nitrogens with one attached hydrogen (secondary N) is 1. The molecule has 164 valence electrons. The summed E-state index contributed by atoms with van der Waals surface area (Å²) in [5.74, 6) is -0.913. The van der Waals surface area contributed by atoms with Gasteiger partial charge in [-0.25, -0.2) is 18.2 Å². The Morgan fingerprint density at radius 2 is 1.83 bits per heavy atom. The molecule has 1 N–H and O–H groups in total. The topological polar surface area (TPSA) is 111 Å². The van der Waals surface area contributed by atoms with Gasteiger partial charge < -0.3 is 14.6 Å². The molecule has 0 aliphatic carbocycles. The lowest BCUT2D eigenvalue weighted by Crippen LogP contribution is -2.35. The lowest BCUT2D eigenvalue weighted by atomic mass is 10.1. The van der Waals surface area contributed by atoms with Gasteiger partial charge in [0.2, 0.25) is 15.9 Å². The first kappa shape index (κ1) is 23.6. The minimum absolute atomic E-state index is 0.132. The number of amides is 1. The minimum Gasteiger partial charge on any atom is -0.467 e. The highest BCUT2D eigenvalue weighted by molar-refractivity contribution is 7.89. The molecule has 1 amide bonds. The molecule has 1 aromatic heterocycles. The van der Waals surface area contributed by atoms with Crippen LogP contribution in [0.25, 0.3) is 0 Å². The third-order valence-electron chi connectivity index (χ3n) is 4.80. The number of hydrogen-bond donors (Lipinski definition) is 1. The van der Waals surface area contributed by atoms with E-state index in [0.29, 0.717) is 25.2 Å². The number of carbonyl (C=O) groups is 2. The second-order valence-electron chi connectivity index (χ2n) is 6.69. The molecule has 2 rings (SSSR count). The number of sulfonamides is 1. The molecular formula is C20H28N4O5S. The lowest BCUT2D eigenvalue weighted by Gasteiger charge is -2.18. The largest absolute Gasteiger partial charge is 0.467 e. The molecule has 1 unspecified atom stereocenters. The van der Waals surface area contributed by atoms with Crippen molar-refractivity contribution in [2.45, 2.75) is 37.6 Å². The summed E-state index contributed by atoms with van der Waals surface area (Å²) >= 11 is 0. The zero-order valence-electron chi connectivity index (χ0n) is 17.7. The van der Waals surface area contributed by atoms with E-state index in [1.165, 1.54) is 23.9 Å². The predicted octanol–water partition coefficient (Wildman–Crippen LogP) is 1.41. The molecule has 0 saturated carbocycles. The number of carbonyl (C=O) groups excluding carboxylic acids is 2. The van der Waals surface area contributed by atoms with E-state index in [1.54, 1.807) is 49.7 Å². The number of nitrogens with zero attached hydrogens (tertiary/aromatic N) is 3. The highest BCUT2D eigenvalue weighted by atomic mass is 32.2. The first-order valence-electron chi connectivity index (χ1n) is 9.67. The Morgan fingerprint density at radius 3 is 2.33 bits per heavy atom. The first-order valence-corrected chi connectivity index (χ1v) is 11.1. The van der Waals surface area contributed by atoms with Crippen molar-refractivity contribution in [1.29, 1.82) is 0 Å². The number of aryl methyl sites for hydroxylation is 2. The number of ether oxygens (including phenoxy) is 1. The average molecular weight is 437 g/mol. The number of benzene rings is 1. The Kier molecular flexibility index (Phi) is 8.13. The Bertz CT molecular complexity index is 965. The molecule has 0 radical (unpaired) electrons. The summed E-state index contributed by atoms with van der Waals surface area (Å²) in [7, 11) is -0.536. The van der Waals surface area contributed by atoms with Gasteiger partial charge in [0.25, 0.3) is 0 Å². The molecule has 1 aromatic carbocycles. The molecule has 0 bridgehead atoms. The Hall–Kier alpha value is -2.72. The van der Waals surface area contributed by atoms with E-state index in [-0.39, 0.29) is 17.2 Å². The molecule has 1 heterocycles. The fraction of sp³-hybridized carbons (Fsp3) is 0.450. The molecule has 0 fully saturated rings. The van der Waals surface area contributed by atoms with Crippen LogP contribution in [0, 0.1) is 0 Å². The summed E-state index contributed by atoms with van der Waals surface area (Å²) < 4.78 is 32.9. The summed E-state index contributed by atoms with van der Waals surface area (Å²) in [4.78, 5) is 28.7. The predicted molar refractivity (Wildman–Crippen MR) is 111 cm³/mol. The van der Waals surface area contributed by atoms with Crippen LogP contribution < -0.4 is 5.32 Å². The maximum absolute atomic E-state index is 12.5. The van der Waals surface area contributed by atoms with Crippen molar-refractivity contribution < 1.29 is 22.7 Å². The van der Waals surface area contributed by atoms with Crippen molar-refractivity contribution in [1.82, 2.24) is 19.2 Å². The average Bonchev–Trinajstić information content (AvgIpc) is 3.16. The van der Waals surface area contributed by atoms with E-state index in [1.807, 2.05) is 0 Å². The van der Waals surface area contributed by atoms with Crippen molar-refractivity contribution >= 4 is 21.9 Å². The summed E-state index contributed by atoms with van der Waals surface area (Å²) in [6.45, 7) is 4.39. The van der Waals surface area contributed by atoms with Gasteiger partial charge in [0.15, 0.2) is 6.04 Å². The van der Waals surface area contributed by atoms with E-state index in [2.05, 4.69) is 10.3 Å². The van der Waals surface area contributed by atoms with E-state index in [4.69, 9.17) is 4.74 Å². The van der Waals surface area contributed by atoms with Crippen LogP contribution in [0.5, 0.6) is 0 Å². The summed E-state index contributed by atoms with van der Waals surface area (Å²) in [5.41, 5.74) is 1.33. The normalized spacial score (nSPS) is 12.6. The summed E-state index contributed by atoms with van der Waals surface area (Å²) in [5, 5.41) is 2.67. The number of imidazole rings is 1. The second-order valence-corrected chi connectivity index (χ2v) is 8.62. The van der Waals surface area contributed by atoms with Gasteiger partial charge in [0.05, 0.1) is 30.2 Å². The maximum Gasteiger partial charge on any atom is 0.334 e. The molecule has 2 aromatic rings. The Labute approximate surface area is 177 Å². The molecule has 0 spiro atoms. The van der Waals surface area contributed by atoms with Crippen LogP contribution in [0.1, 0.15) is 37.6 Å². The molecule has 1 atom stereocenters. The number of hydrogen-bond acceptors (Lipinski definition) is 6. The highest BCUT2D eigenvalue weighted by Crippen LogP contribution is 2.17. The number of esters is 1. The molecule has 0 saturated heterocycles. The van der Waals surface area contributed by atoms with Gasteiger partial charge in [-0.05, 0) is 24.1 Å². The molecular weight excluding hydrogens is 408 g/mol. The van der Waals surface area contributed by atoms with E-state index in [9.17, 15) is 18.0 Å². The standard InChI is InChI=1S/C20H28N4O5S/c1-5-24(6-2)30(27,28)16-10-7-15(8-11-16)9-12-18(25)22-19(20(26)29-4)17-13-21-14-23(17)3/h7-8,10-11,13-14,19H,5-6,9,12H2,1-4H3,(H,22,25). The maximum atomic E-state index is 12.5. The third kappa shape index (κ3) is 5.45. The Balaban J connectivity index is 2.02. The van der Waals surface area contributed by atoms with Gasteiger partial charge in [0, 0.05) is 26.6 Å². The van der Waals surface area contributed by atoms with E-state index in [0.717, 1.165) is 5.56 Å². The quantitative estimate of drug-likeness (QED) is 0.564. The third-order valence-corrected chi connectivity index (χ3v) is 6.86. The fourth-order valence-electron chi connectivity index (χ4n) is 3.05. The lowest BCUT2D eigenvalue weighted by molar-refractivity contribution is -0.145. The SMILES string of the molecule is CCN(CC)S(=O)(=O)c1ccc(CCC(=O)NC(C(=O)OC)c2cncn2C)cc1. The van der Waals surface area contributed by atoms with Crippen LogP contribution in [-0.4, -0.2) is 54.3 Å². The van der Waals surface area contributed by atoms with Crippen LogP contribution >= 0.6 is 0 Å². The highest BCUT2D eigenvalue weighted by Gasteiger charge is 2.26. The monoisotopic (exact) mass is 436 g/mol. The van der Waals surface area contributed by atoms with E-state index >= 15 is 0 Å². The molecule has 0 aliphatic rings. The van der Waals surface area contributed by atoms with Crippen LogP contribution in [0.4, 0.5) is 0 Å². The Morgan fingerprint density at radius 1 is 1.20 bits per heavy atom. The summed E-state index contributed by atoms with van der Waals surface area (Å²) in [6, 6.07) is 5.55. The number of methoxy groups -OCH3 is 1. The number of rotatable bonds is 10. The summed E-state index contributed by atoms with van der Waals surface area (Å²) in [6.07, 6.45) is 3.56. The van der Waals surface area contributed by atoms with Crippen molar-refractivity contribution in [3.63, 3.8) is 0 Å². The van der Waals surface area contributed by atoms with Crippen molar-refractivity contribution in [2.24, 2.45) is 7.05 Å². The zero-order valence-corrected chi connectivity index (χ0v) is 18.5. The van der Waals surface area contributed by atoms with Gasteiger partial charge in [-0.15, -0.1) is 0 Å². The molecule has 9 nitrogen and oxygen atoms in total. The first-order chi connectivity index (χ1) is 14.2. The number of aromatic nitrogens is 2. The smallest absolute Gasteiger partial charge is 0.334 e. The van der Waals surface area contributed by atoms with Gasteiger partial charge >= 0.3 is 5.97 Å². The van der Waals surface area contributed by atoms with Crippen LogP contribution in [0.2, 0.25) is 0 Å². The van der Waals surface area contributed by atoms with Gasteiger partial charge in [0.1, 0.15) is 0 Å².